The van der Waals surface area contributed by atoms with Gasteiger partial charge in [-0.15, -0.1) is 0 Å². The summed E-state index contributed by atoms with van der Waals surface area (Å²) in [5.41, 5.74) is 2.63. The minimum atomic E-state index is -0.732. The molecule has 0 radical (unpaired) electrons. The van der Waals surface area contributed by atoms with E-state index in [9.17, 15) is 14.7 Å². The summed E-state index contributed by atoms with van der Waals surface area (Å²) in [5.74, 6) is -1.56. The predicted octanol–water partition coefficient (Wildman–Crippen LogP) is 2.33. The van der Waals surface area contributed by atoms with Crippen LogP contribution in [0.2, 0.25) is 0 Å². The zero-order valence-corrected chi connectivity index (χ0v) is 19.5. The average Bonchev–Trinajstić information content (AvgIpc) is 3.41. The van der Waals surface area contributed by atoms with Gasteiger partial charge in [0.05, 0.1) is 48.0 Å². The number of rotatable bonds is 6. The first kappa shape index (κ1) is 22.9. The Labute approximate surface area is 203 Å². The topological polar surface area (TPSA) is 101 Å². The maximum Gasteiger partial charge on any atom is 0.295 e. The number of amides is 1. The molecule has 1 aromatic carbocycles. The Bertz CT molecular complexity index is 1250. The van der Waals surface area contributed by atoms with Gasteiger partial charge in [-0.1, -0.05) is 24.3 Å². The first-order chi connectivity index (χ1) is 17.1. The van der Waals surface area contributed by atoms with Gasteiger partial charge in [0.2, 0.25) is 0 Å². The van der Waals surface area contributed by atoms with Crippen LogP contribution in [0.5, 0.6) is 0 Å². The maximum absolute atomic E-state index is 13.3. The van der Waals surface area contributed by atoms with Gasteiger partial charge in [-0.3, -0.25) is 19.5 Å². The summed E-state index contributed by atoms with van der Waals surface area (Å²) in [5, 5.41) is 15.8. The lowest BCUT2D eigenvalue weighted by atomic mass is 9.96. The van der Waals surface area contributed by atoms with Crippen LogP contribution in [0, 0.1) is 6.92 Å². The molecule has 0 aliphatic carbocycles. The number of ether oxygens (including phenoxy) is 1. The Morgan fingerprint density at radius 2 is 1.83 bits per heavy atom. The summed E-state index contributed by atoms with van der Waals surface area (Å²) in [7, 11) is 0. The Morgan fingerprint density at radius 3 is 2.54 bits per heavy atom. The Hall–Kier alpha value is -3.82. The van der Waals surface area contributed by atoms with Gasteiger partial charge in [-0.05, 0) is 30.7 Å². The number of aliphatic hydroxyl groups excluding tert-OH is 1. The summed E-state index contributed by atoms with van der Waals surface area (Å²) >= 11 is 0. The number of Topliss-reactive ketones (excluding diaryl/α,β-unsaturated/α-hetero) is 1. The monoisotopic (exact) mass is 473 g/mol. The lowest BCUT2D eigenvalue weighted by Crippen LogP contribution is -2.42. The van der Waals surface area contributed by atoms with Gasteiger partial charge in [0.25, 0.3) is 11.7 Å². The van der Waals surface area contributed by atoms with Crippen LogP contribution in [0.1, 0.15) is 22.9 Å². The molecule has 5 rings (SSSR count). The van der Waals surface area contributed by atoms with E-state index in [0.29, 0.717) is 43.1 Å². The predicted molar refractivity (Wildman–Crippen MR) is 129 cm³/mol. The number of benzene rings is 1. The minimum absolute atomic E-state index is 0.0562. The second-order valence-electron chi connectivity index (χ2n) is 8.62. The summed E-state index contributed by atoms with van der Waals surface area (Å²) in [6.07, 6.45) is 4.79. The standard InChI is InChI=1S/C26H27N5O4/c1-18-21(17-28-31(18)20-7-3-2-4-8-20)24(32)22-23(19-6-5-9-27-16-19)30(26(34)25(22)33)11-10-29-12-14-35-15-13-29/h2-9,16-17,23,32H,10-15H2,1H3/b24-22+/t23-/m1/s1. The van der Waals surface area contributed by atoms with Crippen molar-refractivity contribution in [3.8, 4) is 5.69 Å². The molecule has 2 aliphatic heterocycles. The van der Waals surface area contributed by atoms with Gasteiger partial charge in [0.15, 0.2) is 0 Å². The molecule has 9 nitrogen and oxygen atoms in total. The molecular weight excluding hydrogens is 446 g/mol. The normalized spacial score (nSPS) is 20.5. The van der Waals surface area contributed by atoms with Crippen LogP contribution in [0.25, 0.3) is 11.4 Å². The summed E-state index contributed by atoms with van der Waals surface area (Å²) in [6.45, 7) is 5.63. The molecule has 35 heavy (non-hydrogen) atoms. The van der Waals surface area contributed by atoms with E-state index in [1.807, 2.05) is 43.3 Å². The van der Waals surface area contributed by atoms with Crippen LogP contribution >= 0.6 is 0 Å². The van der Waals surface area contributed by atoms with Crippen molar-refractivity contribution in [3.05, 3.63) is 83.4 Å². The maximum atomic E-state index is 13.3. The SMILES string of the molecule is Cc1c(/C(O)=C2\C(=O)C(=O)N(CCN3CCOCC3)[C@@H]2c2cccnc2)cnn1-c1ccccc1. The van der Waals surface area contributed by atoms with Crippen molar-refractivity contribution in [1.82, 2.24) is 24.6 Å². The number of carbonyl (C=O) groups is 2. The van der Waals surface area contributed by atoms with Crippen molar-refractivity contribution in [2.24, 2.45) is 0 Å². The molecule has 1 atom stereocenters. The Morgan fingerprint density at radius 1 is 1.06 bits per heavy atom. The summed E-state index contributed by atoms with van der Waals surface area (Å²) < 4.78 is 7.11. The number of likely N-dealkylation sites (tertiary alicyclic amines) is 1. The fourth-order valence-electron chi connectivity index (χ4n) is 4.69. The fraction of sp³-hybridized carbons (Fsp3) is 0.308. The third-order valence-corrected chi connectivity index (χ3v) is 6.57. The number of pyridine rings is 1. The summed E-state index contributed by atoms with van der Waals surface area (Å²) in [4.78, 5) is 34.4. The molecule has 1 N–H and O–H groups in total. The molecule has 9 heteroatoms. The zero-order chi connectivity index (χ0) is 24.4. The van der Waals surface area contributed by atoms with Gasteiger partial charge >= 0.3 is 0 Å². The third kappa shape index (κ3) is 4.36. The lowest BCUT2D eigenvalue weighted by Gasteiger charge is -2.30. The van der Waals surface area contributed by atoms with E-state index in [4.69, 9.17) is 4.74 Å². The number of carbonyl (C=O) groups excluding carboxylic acids is 2. The first-order valence-corrected chi connectivity index (χ1v) is 11.6. The highest BCUT2D eigenvalue weighted by Crippen LogP contribution is 2.39. The van der Waals surface area contributed by atoms with Gasteiger partial charge in [0.1, 0.15) is 5.76 Å². The number of hydrogen-bond acceptors (Lipinski definition) is 7. The van der Waals surface area contributed by atoms with Crippen LogP contribution in [0.15, 0.2) is 66.6 Å². The smallest absolute Gasteiger partial charge is 0.295 e. The number of morpholine rings is 1. The molecule has 2 saturated heterocycles. The van der Waals surface area contributed by atoms with E-state index in [0.717, 1.165) is 18.8 Å². The molecular formula is C26H27N5O4. The van der Waals surface area contributed by atoms with E-state index in [1.54, 1.807) is 23.1 Å². The molecule has 3 aromatic rings. The number of nitrogens with zero attached hydrogens (tertiary/aromatic N) is 5. The Balaban J connectivity index is 1.54. The highest BCUT2D eigenvalue weighted by Gasteiger charge is 2.46. The number of aliphatic hydroxyl groups is 1. The van der Waals surface area contributed by atoms with Gasteiger partial charge in [0, 0.05) is 38.6 Å². The fourth-order valence-corrected chi connectivity index (χ4v) is 4.69. The van der Waals surface area contributed by atoms with E-state index in [-0.39, 0.29) is 11.3 Å². The quantitative estimate of drug-likeness (QED) is 0.333. The zero-order valence-electron chi connectivity index (χ0n) is 19.5. The van der Waals surface area contributed by atoms with E-state index < -0.39 is 17.7 Å². The number of ketones is 1. The first-order valence-electron chi connectivity index (χ1n) is 11.6. The highest BCUT2D eigenvalue weighted by molar-refractivity contribution is 6.46. The molecule has 0 spiro atoms. The second-order valence-corrected chi connectivity index (χ2v) is 8.62. The number of hydrogen-bond donors (Lipinski definition) is 1. The van der Waals surface area contributed by atoms with Crippen LogP contribution in [-0.2, 0) is 14.3 Å². The largest absolute Gasteiger partial charge is 0.507 e. The highest BCUT2D eigenvalue weighted by atomic mass is 16.5. The third-order valence-electron chi connectivity index (χ3n) is 6.57. The molecule has 0 saturated carbocycles. The van der Waals surface area contributed by atoms with Crippen LogP contribution in [0.3, 0.4) is 0 Å². The van der Waals surface area contributed by atoms with Crippen molar-refractivity contribution in [1.29, 1.82) is 0 Å². The van der Waals surface area contributed by atoms with Crippen LogP contribution < -0.4 is 0 Å². The second kappa shape index (κ2) is 9.81. The number of aromatic nitrogens is 3. The molecule has 0 unspecified atom stereocenters. The van der Waals surface area contributed by atoms with Gasteiger partial charge in [-0.2, -0.15) is 5.10 Å². The number of para-hydroxylation sites is 1. The van der Waals surface area contributed by atoms with Crippen molar-refractivity contribution in [3.63, 3.8) is 0 Å². The molecule has 2 aliphatic rings. The van der Waals surface area contributed by atoms with Crippen molar-refractivity contribution in [2.45, 2.75) is 13.0 Å². The Kier molecular flexibility index (Phi) is 6.43. The molecule has 2 aromatic heterocycles. The van der Waals surface area contributed by atoms with E-state index in [1.165, 1.54) is 11.1 Å². The molecule has 2 fully saturated rings. The molecule has 1 amide bonds. The summed E-state index contributed by atoms with van der Waals surface area (Å²) in [6, 6.07) is 12.4. The van der Waals surface area contributed by atoms with Crippen molar-refractivity contribution < 1.29 is 19.4 Å². The lowest BCUT2D eigenvalue weighted by molar-refractivity contribution is -0.140. The average molecular weight is 474 g/mol. The van der Waals surface area contributed by atoms with Crippen LogP contribution in [-0.4, -0.2) is 80.8 Å². The van der Waals surface area contributed by atoms with E-state index in [2.05, 4.69) is 15.0 Å². The van der Waals surface area contributed by atoms with Crippen molar-refractivity contribution in [2.75, 3.05) is 39.4 Å². The van der Waals surface area contributed by atoms with Gasteiger partial charge < -0.3 is 14.7 Å². The molecule has 4 heterocycles. The molecule has 0 bridgehead atoms. The van der Waals surface area contributed by atoms with Crippen LogP contribution in [0.4, 0.5) is 0 Å². The van der Waals surface area contributed by atoms with Crippen molar-refractivity contribution >= 4 is 17.4 Å². The van der Waals surface area contributed by atoms with E-state index >= 15 is 0 Å². The minimum Gasteiger partial charge on any atom is -0.507 e. The van der Waals surface area contributed by atoms with Gasteiger partial charge in [-0.25, -0.2) is 4.68 Å². The molecule has 180 valence electrons.